The Hall–Kier alpha value is 0.747. The zero-order chi connectivity index (χ0) is 52.9. The number of esters is 4. The minimum atomic E-state index is -0.602. The fourth-order valence-electron chi connectivity index (χ4n) is 9.99. The molecular weight excluding hydrogens is 1100 g/mol. The molecule has 0 amide bonds. The van der Waals surface area contributed by atoms with Gasteiger partial charge in [0.1, 0.15) is 21.4 Å². The predicted molar refractivity (Wildman–Crippen MR) is 310 cm³/mol. The molecule has 7 rings (SSSR count). The minimum Gasteiger partial charge on any atom is -1.00 e. The Morgan fingerprint density at radius 1 is 0.560 bits per heavy atom. The Balaban J connectivity index is -0.000000851. The Labute approximate surface area is 516 Å². The van der Waals surface area contributed by atoms with Gasteiger partial charge in [0.15, 0.2) is 0 Å². The number of rotatable bonds is 20. The Morgan fingerprint density at radius 2 is 0.933 bits per heavy atom. The molecule has 7 aliphatic rings. The third kappa shape index (κ3) is 36.1. The first-order valence-corrected chi connectivity index (χ1v) is 33.3. The maximum Gasteiger partial charge on any atom is 1.00 e. The summed E-state index contributed by atoms with van der Waals surface area (Å²) in [6.07, 6.45) is 40.9. The molecular formula is C56H101BrLiNaO12S4. The molecule has 0 radical (unpaired) electrons. The van der Waals surface area contributed by atoms with Gasteiger partial charge in [-0.3, -0.25) is 19.2 Å². The van der Waals surface area contributed by atoms with E-state index in [0.29, 0.717) is 5.75 Å². The second-order valence-electron chi connectivity index (χ2n) is 21.0. The fraction of sp³-hybridized carbons (Fsp3) is 0.911. The molecule has 0 aliphatic heterocycles. The van der Waals surface area contributed by atoms with Crippen LogP contribution in [0.15, 0.2) is 0 Å². The summed E-state index contributed by atoms with van der Waals surface area (Å²) in [7, 11) is 5.65. The third-order valence-corrected chi connectivity index (χ3v) is 21.9. The number of aliphatic hydroxyl groups is 1. The van der Waals surface area contributed by atoms with Crippen molar-refractivity contribution in [2.45, 2.75) is 221 Å². The van der Waals surface area contributed by atoms with E-state index in [1.165, 1.54) is 195 Å². The van der Waals surface area contributed by atoms with Crippen LogP contribution >= 0.6 is 63.0 Å². The van der Waals surface area contributed by atoms with E-state index in [1.807, 2.05) is 11.8 Å². The third-order valence-electron chi connectivity index (χ3n) is 15.3. The molecule has 7 saturated carbocycles. The molecule has 12 nitrogen and oxygen atoms in total. The topological polar surface area (TPSA) is 193 Å². The van der Waals surface area contributed by atoms with Crippen molar-refractivity contribution in [1.82, 2.24) is 0 Å². The molecule has 75 heavy (non-hydrogen) atoms. The number of carboxylic acid groups (broad SMARTS) is 1. The van der Waals surface area contributed by atoms with E-state index in [1.54, 1.807) is 35.3 Å². The summed E-state index contributed by atoms with van der Waals surface area (Å²) in [6, 6.07) is 0. The summed E-state index contributed by atoms with van der Waals surface area (Å²) in [4.78, 5) is 54.5. The van der Waals surface area contributed by atoms with Gasteiger partial charge in [-0.15, -0.1) is 47.0 Å². The fourth-order valence-corrected chi connectivity index (χ4v) is 16.1. The van der Waals surface area contributed by atoms with Crippen molar-refractivity contribution < 1.29 is 108 Å². The van der Waals surface area contributed by atoms with Crippen LogP contribution in [0.3, 0.4) is 0 Å². The van der Waals surface area contributed by atoms with Crippen LogP contribution in [0.1, 0.15) is 207 Å². The van der Waals surface area contributed by atoms with Crippen LogP contribution in [0.5, 0.6) is 0 Å². The first-order valence-electron chi connectivity index (χ1n) is 28.0. The van der Waals surface area contributed by atoms with Crippen LogP contribution in [0.2, 0.25) is 0 Å². The number of carboxylic acids is 1. The van der Waals surface area contributed by atoms with E-state index >= 15 is 0 Å². The van der Waals surface area contributed by atoms with Gasteiger partial charge < -0.3 is 36.1 Å². The molecule has 0 spiro atoms. The number of methoxy groups -OCH3 is 4. The zero-order valence-electron chi connectivity index (χ0n) is 48.9. The number of hydrogen-bond donors (Lipinski definition) is 2. The van der Waals surface area contributed by atoms with E-state index in [4.69, 9.17) is 19.7 Å². The predicted octanol–water partition coefficient (Wildman–Crippen LogP) is 8.09. The molecule has 0 saturated heterocycles. The van der Waals surface area contributed by atoms with Crippen molar-refractivity contribution in [1.29, 1.82) is 0 Å². The quantitative estimate of drug-likeness (QED) is 0.0514. The van der Waals surface area contributed by atoms with Crippen LogP contribution in [-0.4, -0.2) is 129 Å². The van der Waals surface area contributed by atoms with Crippen molar-refractivity contribution >= 4 is 92.8 Å². The molecule has 1 atom stereocenters. The molecule has 3 N–H and O–H groups in total. The maximum atomic E-state index is 11.5. The van der Waals surface area contributed by atoms with Crippen LogP contribution in [0, 0.1) is 29.6 Å². The molecule has 430 valence electrons. The number of halogens is 1. The van der Waals surface area contributed by atoms with Crippen LogP contribution in [0.25, 0.3) is 0 Å². The molecule has 0 bridgehead atoms. The van der Waals surface area contributed by atoms with Gasteiger partial charge in [-0.1, -0.05) is 138 Å². The van der Waals surface area contributed by atoms with Crippen molar-refractivity contribution in [2.75, 3.05) is 69.1 Å². The van der Waals surface area contributed by atoms with Crippen molar-refractivity contribution in [2.24, 2.45) is 29.6 Å². The number of alkyl halides is 1. The summed E-state index contributed by atoms with van der Waals surface area (Å²) in [5.41, 5.74) is 0. The Morgan fingerprint density at radius 3 is 1.23 bits per heavy atom. The van der Waals surface area contributed by atoms with E-state index in [9.17, 15) is 24.0 Å². The SMILES string of the molecule is CCC1CCCCC1.COC(=O)C(CCBr)SCC1CCCCC1.COC(=O)C1(SCC2CCCCC2)CC1.COC(=O)CO.COC(=O)CSCC1CCCCC1.O=C(O)C1(SCC2CCCCC2)CC1.[H-].[Li+].[Na+].[OH-]. The largest absolute Gasteiger partial charge is 1.00 e. The van der Waals surface area contributed by atoms with Crippen molar-refractivity contribution in [3.8, 4) is 0 Å². The van der Waals surface area contributed by atoms with E-state index in [2.05, 4.69) is 32.3 Å². The number of aliphatic hydroxyl groups excluding tert-OH is 1. The maximum absolute atomic E-state index is 11.5. The van der Waals surface area contributed by atoms with E-state index in [0.717, 1.165) is 90.0 Å². The molecule has 0 aromatic rings. The van der Waals surface area contributed by atoms with Gasteiger partial charge in [0.25, 0.3) is 0 Å². The number of ether oxygens (including phenoxy) is 4. The summed E-state index contributed by atoms with van der Waals surface area (Å²) in [5, 5.41) is 17.8. The van der Waals surface area contributed by atoms with Gasteiger partial charge in [0, 0.05) is 5.33 Å². The molecule has 7 fully saturated rings. The number of carbonyl (C=O) groups excluding carboxylic acids is 4. The van der Waals surface area contributed by atoms with Gasteiger partial charge in [-0.05, 0) is 136 Å². The summed E-state index contributed by atoms with van der Waals surface area (Å²) >= 11 is 10.5. The van der Waals surface area contributed by atoms with Crippen molar-refractivity contribution in [3.63, 3.8) is 0 Å². The number of carbonyl (C=O) groups is 5. The van der Waals surface area contributed by atoms with E-state index in [-0.39, 0.29) is 88.0 Å². The van der Waals surface area contributed by atoms with Crippen LogP contribution in [0.4, 0.5) is 0 Å². The molecule has 0 aromatic carbocycles. The molecule has 1 unspecified atom stereocenters. The molecule has 19 heteroatoms. The average Bonchev–Trinajstić information content (AvgIpc) is 4.40. The molecule has 7 aliphatic carbocycles. The summed E-state index contributed by atoms with van der Waals surface area (Å²) in [5.74, 6) is 8.07. The van der Waals surface area contributed by atoms with Gasteiger partial charge in [0.2, 0.25) is 0 Å². The van der Waals surface area contributed by atoms with E-state index < -0.39 is 18.5 Å². The Kier molecular flexibility index (Phi) is 50.1. The normalized spacial score (nSPS) is 20.3. The van der Waals surface area contributed by atoms with Crippen LogP contribution < -0.4 is 48.4 Å². The summed E-state index contributed by atoms with van der Waals surface area (Å²) < 4.78 is 17.8. The van der Waals surface area contributed by atoms with Gasteiger partial charge in [-0.25, -0.2) is 4.79 Å². The van der Waals surface area contributed by atoms with Crippen LogP contribution in [-0.2, 0) is 42.9 Å². The smallest absolute Gasteiger partial charge is 1.00 e. The molecule has 0 aromatic heterocycles. The monoisotopic (exact) mass is 1200 g/mol. The number of thioether (sulfide) groups is 4. The van der Waals surface area contributed by atoms with Gasteiger partial charge >= 0.3 is 78.3 Å². The second kappa shape index (κ2) is 48.3. The Bertz CT molecular complexity index is 1460. The zero-order valence-corrected chi connectivity index (χ0v) is 54.7. The van der Waals surface area contributed by atoms with Gasteiger partial charge in [0.05, 0.1) is 34.2 Å². The number of hydrogen-bond acceptors (Lipinski definition) is 15. The molecule has 0 heterocycles. The first-order chi connectivity index (χ1) is 34.8. The van der Waals surface area contributed by atoms with Crippen molar-refractivity contribution in [3.05, 3.63) is 0 Å². The summed E-state index contributed by atoms with van der Waals surface area (Å²) in [6.45, 7) is 1.78. The van der Waals surface area contributed by atoms with Gasteiger partial charge in [-0.2, -0.15) is 0 Å². The number of aliphatic carboxylic acids is 1. The standard InChI is InChI=1S/C12H21BrO2S.C12H20O2S.C11H18O2S.C10H18O2S.C8H16.C3H6O3.Li.Na.H2O.H/c1-15-12(14)11(7-8-13)16-9-10-5-3-2-4-6-10;1-14-11(13)12(7-8-12)15-9-10-5-3-2-4-6-10;12-10(13)11(6-7-11)14-8-9-4-2-1-3-5-9;1-12-10(11)8-13-7-9-5-3-2-4-6-9;1-2-8-6-4-3-5-7-8;1-6-3(5)2-4;;;;/h10-11H,2-9H2,1H3;10H,2-9H2,1H3;9H,1-8H2,(H,12,13);9H,2-8H2,1H3;8H,2-7H2,1H3;4H,2H2,1H3;;;1H2;/q;;;;;;2*+1;;-1/p-1. The second-order valence-corrected chi connectivity index (χ2v) is 26.8. The average molecular weight is 1200 g/mol. The minimum absolute atomic E-state index is 0. The first kappa shape index (κ1) is 77.8.